The second-order valence-electron chi connectivity index (χ2n) is 10.4. The molecule has 0 aliphatic heterocycles. The summed E-state index contributed by atoms with van der Waals surface area (Å²) in [6.45, 7) is 0. The molecule has 2 aliphatic rings. The molecular weight excluding hydrogens is 499 g/mol. The third-order valence-corrected chi connectivity index (χ3v) is 7.89. The van der Waals surface area contributed by atoms with Crippen molar-refractivity contribution in [1.29, 1.82) is 0 Å². The first-order chi connectivity index (χ1) is 15.8. The fourth-order valence-electron chi connectivity index (χ4n) is 5.62. The van der Waals surface area contributed by atoms with E-state index in [4.69, 9.17) is 23.1 Å². The van der Waals surface area contributed by atoms with Crippen LogP contribution < -0.4 is 11.5 Å². The molecule has 0 heterocycles. The van der Waals surface area contributed by atoms with Crippen molar-refractivity contribution in [1.82, 2.24) is 9.80 Å². The molecule has 4 nitrogen and oxygen atoms in total. The van der Waals surface area contributed by atoms with Crippen LogP contribution in [0.1, 0.15) is 61.5 Å². The Kier molecular flexibility index (Phi) is 14.2. The van der Waals surface area contributed by atoms with Gasteiger partial charge in [0.1, 0.15) is 0 Å². The predicted molar refractivity (Wildman–Crippen MR) is 156 cm³/mol. The van der Waals surface area contributed by atoms with Gasteiger partial charge in [-0.05, 0) is 102 Å². The van der Waals surface area contributed by atoms with Crippen LogP contribution in [0.2, 0.25) is 5.02 Å². The van der Waals surface area contributed by atoms with Crippen LogP contribution in [0.4, 0.5) is 0 Å². The van der Waals surface area contributed by atoms with E-state index < -0.39 is 0 Å². The van der Waals surface area contributed by atoms with E-state index >= 15 is 0 Å². The molecule has 6 atom stereocenters. The van der Waals surface area contributed by atoms with Crippen molar-refractivity contribution in [3.8, 4) is 0 Å². The van der Waals surface area contributed by atoms with E-state index in [0.29, 0.717) is 36.0 Å². The highest BCUT2D eigenvalue weighted by Gasteiger charge is 2.31. The van der Waals surface area contributed by atoms with Gasteiger partial charge in [0.15, 0.2) is 0 Å². The lowest BCUT2D eigenvalue weighted by atomic mass is 9.78. The van der Waals surface area contributed by atoms with Crippen molar-refractivity contribution in [3.05, 3.63) is 70.7 Å². The number of nitrogens with two attached hydrogens (primary N) is 2. The maximum atomic E-state index is 6.18. The molecule has 0 saturated heterocycles. The Morgan fingerprint density at radius 2 is 1.11 bits per heavy atom. The Morgan fingerprint density at radius 1 is 0.657 bits per heavy atom. The number of benzene rings is 2. The van der Waals surface area contributed by atoms with Crippen LogP contribution in [0.5, 0.6) is 0 Å². The van der Waals surface area contributed by atoms with Gasteiger partial charge in [0.2, 0.25) is 0 Å². The van der Waals surface area contributed by atoms with Gasteiger partial charge in [-0.3, -0.25) is 0 Å². The van der Waals surface area contributed by atoms with E-state index in [1.54, 1.807) is 0 Å². The van der Waals surface area contributed by atoms with Crippen LogP contribution in [-0.4, -0.2) is 62.2 Å². The summed E-state index contributed by atoms with van der Waals surface area (Å²) in [6.07, 6.45) is 6.97. The third-order valence-electron chi connectivity index (χ3n) is 7.66. The van der Waals surface area contributed by atoms with Crippen molar-refractivity contribution >= 4 is 36.4 Å². The molecular formula is C28H45Cl3N4. The molecule has 2 aromatic carbocycles. The number of hydrogen-bond donors (Lipinski definition) is 2. The van der Waals surface area contributed by atoms with Crippen molar-refractivity contribution in [2.75, 3.05) is 28.2 Å². The van der Waals surface area contributed by atoms with Crippen molar-refractivity contribution in [3.63, 3.8) is 0 Å². The summed E-state index contributed by atoms with van der Waals surface area (Å²) in [4.78, 5) is 4.53. The van der Waals surface area contributed by atoms with Gasteiger partial charge < -0.3 is 21.3 Å². The van der Waals surface area contributed by atoms with Gasteiger partial charge in [-0.15, -0.1) is 24.8 Å². The maximum Gasteiger partial charge on any atom is 0.0408 e. The Balaban J connectivity index is 0.000000332. The highest BCUT2D eigenvalue weighted by Crippen LogP contribution is 2.35. The summed E-state index contributed by atoms with van der Waals surface area (Å²) in [6, 6.07) is 20.7. The minimum Gasteiger partial charge on any atom is -0.326 e. The molecule has 0 unspecified atom stereocenters. The number of rotatable bonds is 4. The van der Waals surface area contributed by atoms with E-state index in [9.17, 15) is 0 Å². The monoisotopic (exact) mass is 542 g/mol. The van der Waals surface area contributed by atoms with Crippen LogP contribution in [0.15, 0.2) is 54.6 Å². The molecule has 0 amide bonds. The number of nitrogens with zero attached hydrogens (tertiary/aromatic N) is 2. The van der Waals surface area contributed by atoms with Crippen LogP contribution >= 0.6 is 36.4 Å². The molecule has 0 spiro atoms. The van der Waals surface area contributed by atoms with E-state index in [2.05, 4.69) is 80.5 Å². The van der Waals surface area contributed by atoms with Crippen LogP contribution in [0, 0.1) is 0 Å². The van der Waals surface area contributed by atoms with Gasteiger partial charge in [-0.1, -0.05) is 54.1 Å². The molecule has 35 heavy (non-hydrogen) atoms. The SMILES string of the molecule is CN(C)[C@H]1C[C@@H](c2cccc(Cl)c2)CC[C@@H]1N.CN(C)[C@H]1C[C@@H](c2ccccc2)CC[C@@H]1N.Cl.Cl. The summed E-state index contributed by atoms with van der Waals surface area (Å²) in [5, 5.41) is 0.832. The molecule has 0 radical (unpaired) electrons. The normalized spacial score (nSPS) is 28.4. The van der Waals surface area contributed by atoms with E-state index in [1.807, 2.05) is 12.1 Å². The highest BCUT2D eigenvalue weighted by molar-refractivity contribution is 6.30. The van der Waals surface area contributed by atoms with Gasteiger partial charge in [0.05, 0.1) is 0 Å². The Hall–Kier alpha value is -0.850. The van der Waals surface area contributed by atoms with Gasteiger partial charge in [-0.2, -0.15) is 0 Å². The number of halogens is 3. The average Bonchev–Trinajstić information content (AvgIpc) is 2.80. The zero-order valence-corrected chi connectivity index (χ0v) is 24.0. The Morgan fingerprint density at radius 3 is 1.57 bits per heavy atom. The first-order valence-electron chi connectivity index (χ1n) is 12.4. The summed E-state index contributed by atoms with van der Waals surface area (Å²) in [5.41, 5.74) is 15.2. The van der Waals surface area contributed by atoms with Gasteiger partial charge in [0.25, 0.3) is 0 Å². The molecule has 0 bridgehead atoms. The summed E-state index contributed by atoms with van der Waals surface area (Å²) < 4.78 is 0. The zero-order chi connectivity index (χ0) is 24.0. The third kappa shape index (κ3) is 9.19. The van der Waals surface area contributed by atoms with E-state index in [1.165, 1.54) is 30.4 Å². The molecule has 2 fully saturated rings. The van der Waals surface area contributed by atoms with Gasteiger partial charge in [-0.25, -0.2) is 0 Å². The molecule has 2 aliphatic carbocycles. The molecule has 2 saturated carbocycles. The summed E-state index contributed by atoms with van der Waals surface area (Å²) in [5.74, 6) is 1.29. The number of likely N-dealkylation sites (N-methyl/N-ethyl adjacent to an activating group) is 2. The van der Waals surface area contributed by atoms with Crippen LogP contribution in [0.3, 0.4) is 0 Å². The van der Waals surface area contributed by atoms with E-state index in [-0.39, 0.29) is 24.8 Å². The van der Waals surface area contributed by atoms with Gasteiger partial charge in [0, 0.05) is 29.2 Å². The molecule has 198 valence electrons. The Bertz CT molecular complexity index is 849. The van der Waals surface area contributed by atoms with Gasteiger partial charge >= 0.3 is 0 Å². The first-order valence-corrected chi connectivity index (χ1v) is 12.8. The topological polar surface area (TPSA) is 58.5 Å². The second kappa shape index (κ2) is 15.4. The molecule has 2 aromatic rings. The predicted octanol–water partition coefficient (Wildman–Crippen LogP) is 5.92. The molecule has 7 heteroatoms. The second-order valence-corrected chi connectivity index (χ2v) is 10.8. The Labute approximate surface area is 230 Å². The van der Waals surface area contributed by atoms with Crippen molar-refractivity contribution in [2.45, 2.75) is 74.5 Å². The molecule has 4 N–H and O–H groups in total. The lowest BCUT2D eigenvalue weighted by Gasteiger charge is -2.38. The van der Waals surface area contributed by atoms with Crippen LogP contribution in [-0.2, 0) is 0 Å². The quantitative estimate of drug-likeness (QED) is 0.502. The molecule has 0 aromatic heterocycles. The van der Waals surface area contributed by atoms with Crippen molar-refractivity contribution in [2.24, 2.45) is 11.5 Å². The maximum absolute atomic E-state index is 6.18. The minimum absolute atomic E-state index is 0. The fraction of sp³-hybridized carbons (Fsp3) is 0.571. The molecule has 4 rings (SSSR count). The standard InChI is InChI=1S/C14H21ClN2.C14H22N2.2ClH/c1-17(2)14-9-11(6-7-13(14)16)10-4-3-5-12(15)8-10;1-16(2)14-10-12(8-9-13(14)15)11-6-4-3-5-7-11;;/h3-5,8,11,13-14H,6-7,9,16H2,1-2H3;3-7,12-14H,8-10,15H2,1-2H3;2*1H/t11-,13-,14-;12-,13-,14-;;/m00../s1. The highest BCUT2D eigenvalue weighted by atomic mass is 35.5. The van der Waals surface area contributed by atoms with Crippen molar-refractivity contribution < 1.29 is 0 Å². The van der Waals surface area contributed by atoms with Crippen LogP contribution in [0.25, 0.3) is 0 Å². The number of hydrogen-bond acceptors (Lipinski definition) is 4. The largest absolute Gasteiger partial charge is 0.326 e. The van der Waals surface area contributed by atoms with E-state index in [0.717, 1.165) is 24.3 Å². The fourth-order valence-corrected chi connectivity index (χ4v) is 5.82. The smallest absolute Gasteiger partial charge is 0.0408 e. The zero-order valence-electron chi connectivity index (χ0n) is 21.6. The summed E-state index contributed by atoms with van der Waals surface area (Å²) in [7, 11) is 8.51. The lowest BCUT2D eigenvalue weighted by Crippen LogP contribution is -2.47. The average molecular weight is 544 g/mol. The summed E-state index contributed by atoms with van der Waals surface area (Å²) >= 11 is 6.06. The lowest BCUT2D eigenvalue weighted by molar-refractivity contribution is 0.186. The minimum atomic E-state index is 0. The first kappa shape index (κ1) is 32.2.